The van der Waals surface area contributed by atoms with E-state index in [1.54, 1.807) is 0 Å². The predicted octanol–water partition coefficient (Wildman–Crippen LogP) is 3.20. The Morgan fingerprint density at radius 2 is 1.85 bits per heavy atom. The SMILES string of the molecule is CCNCC1(C(C)CC)CCCC1. The van der Waals surface area contributed by atoms with Crippen LogP contribution < -0.4 is 5.32 Å². The van der Waals surface area contributed by atoms with Crippen molar-refractivity contribution in [3.63, 3.8) is 0 Å². The molecule has 0 heterocycles. The van der Waals surface area contributed by atoms with E-state index in [2.05, 4.69) is 26.1 Å². The van der Waals surface area contributed by atoms with Gasteiger partial charge in [-0.3, -0.25) is 0 Å². The zero-order valence-electron chi connectivity index (χ0n) is 9.53. The van der Waals surface area contributed by atoms with Gasteiger partial charge in [0.2, 0.25) is 0 Å². The molecule has 0 amide bonds. The van der Waals surface area contributed by atoms with Gasteiger partial charge in [-0.2, -0.15) is 0 Å². The Labute approximate surface area is 83.3 Å². The van der Waals surface area contributed by atoms with E-state index in [-0.39, 0.29) is 0 Å². The van der Waals surface area contributed by atoms with Crippen LogP contribution in [0.5, 0.6) is 0 Å². The molecular weight excluding hydrogens is 158 g/mol. The van der Waals surface area contributed by atoms with E-state index in [1.165, 1.54) is 38.6 Å². The van der Waals surface area contributed by atoms with E-state index in [0.717, 1.165) is 12.5 Å². The molecule has 1 N–H and O–H groups in total. The highest BCUT2D eigenvalue weighted by atomic mass is 14.9. The van der Waals surface area contributed by atoms with Gasteiger partial charge in [-0.1, -0.05) is 40.0 Å². The highest BCUT2D eigenvalue weighted by molar-refractivity contribution is 4.90. The van der Waals surface area contributed by atoms with Gasteiger partial charge in [-0.05, 0) is 30.7 Å². The zero-order valence-corrected chi connectivity index (χ0v) is 9.53. The molecule has 13 heavy (non-hydrogen) atoms. The number of nitrogens with one attached hydrogen (secondary N) is 1. The van der Waals surface area contributed by atoms with Crippen molar-refractivity contribution in [2.24, 2.45) is 11.3 Å². The minimum atomic E-state index is 0.644. The molecule has 0 aliphatic heterocycles. The third-order valence-corrected chi connectivity index (χ3v) is 3.98. The molecule has 78 valence electrons. The second kappa shape index (κ2) is 4.99. The summed E-state index contributed by atoms with van der Waals surface area (Å²) in [6.07, 6.45) is 7.15. The third kappa shape index (κ3) is 2.46. The highest BCUT2D eigenvalue weighted by Crippen LogP contribution is 2.44. The summed E-state index contributed by atoms with van der Waals surface area (Å²) in [6.45, 7) is 9.34. The normalized spacial score (nSPS) is 23.3. The molecule has 1 nitrogen and oxygen atoms in total. The molecule has 1 aliphatic rings. The topological polar surface area (TPSA) is 12.0 Å². The molecule has 1 heteroatoms. The molecule has 0 spiro atoms. The molecule has 1 rings (SSSR count). The quantitative estimate of drug-likeness (QED) is 0.690. The van der Waals surface area contributed by atoms with Crippen LogP contribution in [-0.4, -0.2) is 13.1 Å². The summed E-state index contributed by atoms with van der Waals surface area (Å²) in [7, 11) is 0. The minimum Gasteiger partial charge on any atom is -0.316 e. The number of rotatable bonds is 5. The van der Waals surface area contributed by atoms with Crippen LogP contribution >= 0.6 is 0 Å². The Morgan fingerprint density at radius 1 is 1.23 bits per heavy atom. The lowest BCUT2D eigenvalue weighted by Gasteiger charge is -2.35. The van der Waals surface area contributed by atoms with Crippen LogP contribution in [-0.2, 0) is 0 Å². The molecule has 1 atom stereocenters. The summed E-state index contributed by atoms with van der Waals surface area (Å²) in [6, 6.07) is 0. The molecule has 0 aromatic heterocycles. The Kier molecular flexibility index (Phi) is 4.24. The summed E-state index contributed by atoms with van der Waals surface area (Å²) in [5.74, 6) is 0.897. The Balaban J connectivity index is 2.52. The van der Waals surface area contributed by atoms with Gasteiger partial charge in [0.15, 0.2) is 0 Å². The Hall–Kier alpha value is -0.0400. The van der Waals surface area contributed by atoms with Gasteiger partial charge in [-0.15, -0.1) is 0 Å². The number of hydrogen-bond donors (Lipinski definition) is 1. The fourth-order valence-electron chi connectivity index (χ4n) is 2.73. The van der Waals surface area contributed by atoms with Crippen molar-refractivity contribution in [1.82, 2.24) is 5.32 Å². The molecule has 1 saturated carbocycles. The van der Waals surface area contributed by atoms with Gasteiger partial charge >= 0.3 is 0 Å². The van der Waals surface area contributed by atoms with E-state index >= 15 is 0 Å². The summed E-state index contributed by atoms with van der Waals surface area (Å²) in [4.78, 5) is 0. The number of hydrogen-bond acceptors (Lipinski definition) is 1. The van der Waals surface area contributed by atoms with Gasteiger partial charge in [0.1, 0.15) is 0 Å². The zero-order chi connectivity index (χ0) is 9.73. The smallest absolute Gasteiger partial charge is 0.00102 e. The third-order valence-electron chi connectivity index (χ3n) is 3.98. The van der Waals surface area contributed by atoms with Crippen molar-refractivity contribution in [3.05, 3.63) is 0 Å². The average molecular weight is 183 g/mol. The van der Waals surface area contributed by atoms with Crippen LogP contribution in [0.2, 0.25) is 0 Å². The first kappa shape index (κ1) is 11.0. The Morgan fingerprint density at radius 3 is 2.31 bits per heavy atom. The molecule has 0 aromatic carbocycles. The van der Waals surface area contributed by atoms with E-state index in [9.17, 15) is 0 Å². The average Bonchev–Trinajstić information content (AvgIpc) is 2.63. The van der Waals surface area contributed by atoms with Crippen molar-refractivity contribution < 1.29 is 0 Å². The maximum absolute atomic E-state index is 3.55. The van der Waals surface area contributed by atoms with Gasteiger partial charge in [0.05, 0.1) is 0 Å². The molecule has 1 aliphatic carbocycles. The fraction of sp³-hybridized carbons (Fsp3) is 1.00. The molecule has 0 aromatic rings. The lowest BCUT2D eigenvalue weighted by atomic mass is 9.73. The second-order valence-electron chi connectivity index (χ2n) is 4.66. The summed E-state index contributed by atoms with van der Waals surface area (Å²) in [5.41, 5.74) is 0.644. The van der Waals surface area contributed by atoms with Gasteiger partial charge < -0.3 is 5.32 Å². The highest BCUT2D eigenvalue weighted by Gasteiger charge is 2.37. The molecular formula is C12H25N. The molecule has 0 radical (unpaired) electrons. The van der Waals surface area contributed by atoms with E-state index in [4.69, 9.17) is 0 Å². The lowest BCUT2D eigenvalue weighted by molar-refractivity contribution is 0.171. The minimum absolute atomic E-state index is 0.644. The van der Waals surface area contributed by atoms with Crippen molar-refractivity contribution in [3.8, 4) is 0 Å². The van der Waals surface area contributed by atoms with Crippen molar-refractivity contribution in [2.75, 3.05) is 13.1 Å². The van der Waals surface area contributed by atoms with Crippen molar-refractivity contribution in [1.29, 1.82) is 0 Å². The molecule has 0 bridgehead atoms. The van der Waals surface area contributed by atoms with Crippen LogP contribution in [0.3, 0.4) is 0 Å². The van der Waals surface area contributed by atoms with Crippen molar-refractivity contribution >= 4 is 0 Å². The van der Waals surface area contributed by atoms with Crippen LogP contribution in [0.15, 0.2) is 0 Å². The van der Waals surface area contributed by atoms with Gasteiger partial charge in [0.25, 0.3) is 0 Å². The monoisotopic (exact) mass is 183 g/mol. The fourth-order valence-corrected chi connectivity index (χ4v) is 2.73. The molecule has 1 unspecified atom stereocenters. The first-order valence-electron chi connectivity index (χ1n) is 5.96. The summed E-state index contributed by atoms with van der Waals surface area (Å²) >= 11 is 0. The predicted molar refractivity (Wildman–Crippen MR) is 58.9 cm³/mol. The van der Waals surface area contributed by atoms with Crippen LogP contribution in [0, 0.1) is 11.3 Å². The summed E-state index contributed by atoms with van der Waals surface area (Å²) < 4.78 is 0. The van der Waals surface area contributed by atoms with E-state index in [0.29, 0.717) is 5.41 Å². The molecule has 0 saturated heterocycles. The van der Waals surface area contributed by atoms with E-state index < -0.39 is 0 Å². The first-order valence-corrected chi connectivity index (χ1v) is 5.96. The standard InChI is InChI=1S/C12H25N/c1-4-11(3)12(10-13-5-2)8-6-7-9-12/h11,13H,4-10H2,1-3H3. The van der Waals surface area contributed by atoms with Crippen LogP contribution in [0.1, 0.15) is 52.9 Å². The maximum atomic E-state index is 3.55. The maximum Gasteiger partial charge on any atom is 0.00102 e. The summed E-state index contributed by atoms with van der Waals surface area (Å²) in [5, 5.41) is 3.55. The van der Waals surface area contributed by atoms with Crippen LogP contribution in [0.25, 0.3) is 0 Å². The first-order chi connectivity index (χ1) is 6.25. The molecule has 1 fully saturated rings. The lowest BCUT2D eigenvalue weighted by Crippen LogP contribution is -2.37. The van der Waals surface area contributed by atoms with Crippen molar-refractivity contribution in [2.45, 2.75) is 52.9 Å². The Bertz CT molecular complexity index is 136. The van der Waals surface area contributed by atoms with Gasteiger partial charge in [-0.25, -0.2) is 0 Å². The van der Waals surface area contributed by atoms with Gasteiger partial charge in [0, 0.05) is 6.54 Å². The van der Waals surface area contributed by atoms with E-state index in [1.807, 2.05) is 0 Å². The van der Waals surface area contributed by atoms with Crippen LogP contribution in [0.4, 0.5) is 0 Å². The second-order valence-corrected chi connectivity index (χ2v) is 4.66. The largest absolute Gasteiger partial charge is 0.316 e.